The summed E-state index contributed by atoms with van der Waals surface area (Å²) in [7, 11) is 0. The number of carbonyl (C=O) groups excluding carboxylic acids is 1. The molecule has 0 aliphatic heterocycles. The van der Waals surface area contributed by atoms with Crippen LogP contribution in [-0.4, -0.2) is 6.29 Å². The number of hydrogen-bond donors (Lipinski definition) is 0. The highest BCUT2D eigenvalue weighted by atomic mass is 35.5. The van der Waals surface area contributed by atoms with Crippen LogP contribution in [0.4, 0.5) is 0 Å². The van der Waals surface area contributed by atoms with E-state index in [2.05, 4.69) is 32.0 Å². The lowest BCUT2D eigenvalue weighted by Crippen LogP contribution is -1.86. The third-order valence-electron chi connectivity index (χ3n) is 2.68. The highest BCUT2D eigenvalue weighted by Gasteiger charge is 2.04. The summed E-state index contributed by atoms with van der Waals surface area (Å²) < 4.78 is 0. The molecule has 1 nitrogen and oxygen atoms in total. The Morgan fingerprint density at radius 2 is 1.59 bits per heavy atom. The van der Waals surface area contributed by atoms with E-state index < -0.39 is 0 Å². The van der Waals surface area contributed by atoms with Gasteiger partial charge in [0.15, 0.2) is 6.29 Å². The summed E-state index contributed by atoms with van der Waals surface area (Å²) in [4.78, 5) is 10.9. The first-order valence-corrected chi connectivity index (χ1v) is 5.81. The van der Waals surface area contributed by atoms with E-state index in [1.807, 2.05) is 12.1 Å². The standard InChI is InChI=1S/C15H13ClO/c1-10-5-11(2)7-13(6-10)12-3-4-15(16)14(8-12)9-17/h3-9H,1-2H3. The average Bonchev–Trinajstić information content (AvgIpc) is 2.28. The van der Waals surface area contributed by atoms with Crippen molar-refractivity contribution < 1.29 is 4.79 Å². The van der Waals surface area contributed by atoms with Crippen molar-refractivity contribution in [3.8, 4) is 11.1 Å². The van der Waals surface area contributed by atoms with E-state index in [0.29, 0.717) is 10.6 Å². The van der Waals surface area contributed by atoms with E-state index in [1.165, 1.54) is 11.1 Å². The average molecular weight is 245 g/mol. The van der Waals surface area contributed by atoms with Gasteiger partial charge in [-0.05, 0) is 37.1 Å². The molecule has 2 heteroatoms. The van der Waals surface area contributed by atoms with Crippen molar-refractivity contribution in [2.75, 3.05) is 0 Å². The van der Waals surface area contributed by atoms with Gasteiger partial charge >= 0.3 is 0 Å². The van der Waals surface area contributed by atoms with Crippen molar-refractivity contribution in [2.24, 2.45) is 0 Å². The molecular formula is C15H13ClO. The van der Waals surface area contributed by atoms with Crippen LogP contribution in [0.1, 0.15) is 21.5 Å². The van der Waals surface area contributed by atoms with Gasteiger partial charge in [-0.15, -0.1) is 0 Å². The Labute approximate surface area is 106 Å². The second kappa shape index (κ2) is 4.72. The summed E-state index contributed by atoms with van der Waals surface area (Å²) in [6.07, 6.45) is 0.786. The number of hydrogen-bond acceptors (Lipinski definition) is 1. The Bertz CT molecular complexity index is 553. The van der Waals surface area contributed by atoms with Gasteiger partial charge in [-0.2, -0.15) is 0 Å². The number of rotatable bonds is 2. The Hall–Kier alpha value is -1.60. The predicted molar refractivity (Wildman–Crippen MR) is 71.7 cm³/mol. The molecule has 86 valence electrons. The van der Waals surface area contributed by atoms with Crippen LogP contribution in [-0.2, 0) is 0 Å². The second-order valence-corrected chi connectivity index (χ2v) is 4.64. The molecule has 0 aliphatic carbocycles. The lowest BCUT2D eigenvalue weighted by Gasteiger charge is -2.06. The largest absolute Gasteiger partial charge is 0.298 e. The highest BCUT2D eigenvalue weighted by Crippen LogP contribution is 2.26. The minimum atomic E-state index is 0.494. The van der Waals surface area contributed by atoms with Crippen molar-refractivity contribution in [3.05, 3.63) is 58.1 Å². The Balaban J connectivity index is 2.56. The van der Waals surface area contributed by atoms with E-state index in [9.17, 15) is 4.79 Å². The first-order chi connectivity index (χ1) is 8.10. The molecule has 0 aliphatic rings. The van der Waals surface area contributed by atoms with Gasteiger partial charge in [0.2, 0.25) is 0 Å². The normalized spacial score (nSPS) is 10.3. The monoisotopic (exact) mass is 244 g/mol. The van der Waals surface area contributed by atoms with Gasteiger partial charge in [-0.3, -0.25) is 4.79 Å². The summed E-state index contributed by atoms with van der Waals surface area (Å²) in [6, 6.07) is 11.8. The molecule has 17 heavy (non-hydrogen) atoms. The van der Waals surface area contributed by atoms with Gasteiger partial charge in [-0.25, -0.2) is 0 Å². The van der Waals surface area contributed by atoms with Crippen LogP contribution in [0, 0.1) is 13.8 Å². The van der Waals surface area contributed by atoms with Gasteiger partial charge in [0, 0.05) is 5.56 Å². The van der Waals surface area contributed by atoms with E-state index in [4.69, 9.17) is 11.6 Å². The number of halogens is 1. The number of carbonyl (C=O) groups is 1. The topological polar surface area (TPSA) is 17.1 Å². The summed E-state index contributed by atoms with van der Waals surface area (Å²) in [5.74, 6) is 0. The molecule has 2 rings (SSSR count). The van der Waals surface area contributed by atoms with E-state index in [-0.39, 0.29) is 0 Å². The fraction of sp³-hybridized carbons (Fsp3) is 0.133. The molecule has 2 aromatic carbocycles. The van der Waals surface area contributed by atoms with Gasteiger partial charge in [0.05, 0.1) is 5.02 Å². The summed E-state index contributed by atoms with van der Waals surface area (Å²) >= 11 is 5.92. The van der Waals surface area contributed by atoms with Crippen molar-refractivity contribution >= 4 is 17.9 Å². The fourth-order valence-corrected chi connectivity index (χ4v) is 2.12. The molecule has 0 saturated heterocycles. The van der Waals surface area contributed by atoms with Gasteiger partial charge in [0.1, 0.15) is 0 Å². The Kier molecular flexibility index (Phi) is 3.30. The number of aryl methyl sites for hydroxylation is 2. The zero-order chi connectivity index (χ0) is 12.4. The van der Waals surface area contributed by atoms with Crippen molar-refractivity contribution in [3.63, 3.8) is 0 Å². The molecule has 0 aromatic heterocycles. The molecule has 0 unspecified atom stereocenters. The number of benzene rings is 2. The van der Waals surface area contributed by atoms with Crippen LogP contribution in [0.3, 0.4) is 0 Å². The molecule has 0 spiro atoms. The van der Waals surface area contributed by atoms with Crippen LogP contribution in [0.15, 0.2) is 36.4 Å². The molecule has 0 saturated carbocycles. The maximum atomic E-state index is 10.9. The van der Waals surface area contributed by atoms with Gasteiger partial charge in [-0.1, -0.05) is 47.0 Å². The minimum Gasteiger partial charge on any atom is -0.298 e. The molecule has 0 radical (unpaired) electrons. The molecule has 0 bridgehead atoms. The summed E-state index contributed by atoms with van der Waals surface area (Å²) in [5, 5.41) is 0.494. The van der Waals surface area contributed by atoms with Crippen molar-refractivity contribution in [2.45, 2.75) is 13.8 Å². The Morgan fingerprint density at radius 1 is 0.941 bits per heavy atom. The molecule has 0 N–H and O–H groups in total. The lowest BCUT2D eigenvalue weighted by molar-refractivity contribution is 0.112. The summed E-state index contributed by atoms with van der Waals surface area (Å²) in [6.45, 7) is 4.13. The van der Waals surface area contributed by atoms with Crippen LogP contribution < -0.4 is 0 Å². The number of aldehydes is 1. The smallest absolute Gasteiger partial charge is 0.151 e. The molecule has 0 amide bonds. The van der Waals surface area contributed by atoms with Crippen molar-refractivity contribution in [1.82, 2.24) is 0 Å². The van der Waals surface area contributed by atoms with Crippen molar-refractivity contribution in [1.29, 1.82) is 0 Å². The summed E-state index contributed by atoms with van der Waals surface area (Å²) in [5.41, 5.74) is 5.08. The van der Waals surface area contributed by atoms with Crippen LogP contribution in [0.2, 0.25) is 5.02 Å². The first-order valence-electron chi connectivity index (χ1n) is 5.43. The molecule has 2 aromatic rings. The second-order valence-electron chi connectivity index (χ2n) is 4.23. The lowest BCUT2D eigenvalue weighted by atomic mass is 9.99. The molecular weight excluding hydrogens is 232 g/mol. The fourth-order valence-electron chi connectivity index (χ4n) is 1.95. The maximum absolute atomic E-state index is 10.9. The van der Waals surface area contributed by atoms with Gasteiger partial charge in [0.25, 0.3) is 0 Å². The van der Waals surface area contributed by atoms with E-state index >= 15 is 0 Å². The zero-order valence-corrected chi connectivity index (χ0v) is 10.6. The van der Waals surface area contributed by atoms with E-state index in [0.717, 1.165) is 17.4 Å². The minimum absolute atomic E-state index is 0.494. The molecule has 0 fully saturated rings. The van der Waals surface area contributed by atoms with Crippen LogP contribution in [0.25, 0.3) is 11.1 Å². The SMILES string of the molecule is Cc1cc(C)cc(-c2ccc(Cl)c(C=O)c2)c1. The predicted octanol–water partition coefficient (Wildman–Crippen LogP) is 4.44. The third kappa shape index (κ3) is 2.56. The highest BCUT2D eigenvalue weighted by molar-refractivity contribution is 6.33. The van der Waals surface area contributed by atoms with Crippen LogP contribution >= 0.6 is 11.6 Å². The molecule has 0 atom stereocenters. The Morgan fingerprint density at radius 3 is 2.18 bits per heavy atom. The van der Waals surface area contributed by atoms with Gasteiger partial charge < -0.3 is 0 Å². The zero-order valence-electron chi connectivity index (χ0n) is 9.83. The molecule has 0 heterocycles. The third-order valence-corrected chi connectivity index (χ3v) is 3.02. The van der Waals surface area contributed by atoms with Crippen LogP contribution in [0.5, 0.6) is 0 Å². The van der Waals surface area contributed by atoms with E-state index in [1.54, 1.807) is 6.07 Å². The quantitative estimate of drug-likeness (QED) is 0.714. The first kappa shape index (κ1) is 11.9. The maximum Gasteiger partial charge on any atom is 0.151 e.